The molecule has 90 valence electrons. The van der Waals surface area contributed by atoms with Crippen LogP contribution in [0.2, 0.25) is 0 Å². The van der Waals surface area contributed by atoms with Gasteiger partial charge in [-0.15, -0.1) is 0 Å². The van der Waals surface area contributed by atoms with Crippen molar-refractivity contribution in [3.63, 3.8) is 0 Å². The summed E-state index contributed by atoms with van der Waals surface area (Å²) in [7, 11) is -3.72. The van der Waals surface area contributed by atoms with E-state index in [1.807, 2.05) is 13.2 Å². The molecular formula is C8H17NO4S2. The van der Waals surface area contributed by atoms with Crippen molar-refractivity contribution in [1.82, 2.24) is 4.72 Å². The van der Waals surface area contributed by atoms with Crippen molar-refractivity contribution in [1.29, 1.82) is 0 Å². The number of thioether (sulfide) groups is 1. The van der Waals surface area contributed by atoms with Crippen LogP contribution in [0, 0.1) is 0 Å². The first-order chi connectivity index (χ1) is 6.81. The van der Waals surface area contributed by atoms with E-state index in [2.05, 4.69) is 4.72 Å². The third kappa shape index (κ3) is 5.39. The average Bonchev–Trinajstić information content (AvgIpc) is 2.15. The molecule has 0 saturated heterocycles. The van der Waals surface area contributed by atoms with Gasteiger partial charge < -0.3 is 5.11 Å². The minimum Gasteiger partial charge on any atom is -0.480 e. The zero-order chi connectivity index (χ0) is 12.1. The van der Waals surface area contributed by atoms with E-state index in [0.29, 0.717) is 11.7 Å². The Morgan fingerprint density at radius 2 is 2.00 bits per heavy atom. The van der Waals surface area contributed by atoms with E-state index in [-0.39, 0.29) is 6.54 Å². The van der Waals surface area contributed by atoms with Crippen LogP contribution < -0.4 is 4.72 Å². The molecular weight excluding hydrogens is 238 g/mol. The zero-order valence-corrected chi connectivity index (χ0v) is 10.7. The number of hydrogen-bond acceptors (Lipinski definition) is 4. The number of hydrogen-bond donors (Lipinski definition) is 2. The third-order valence-corrected chi connectivity index (χ3v) is 4.85. The fourth-order valence-corrected chi connectivity index (χ4v) is 2.05. The molecule has 0 heterocycles. The van der Waals surface area contributed by atoms with E-state index >= 15 is 0 Å². The smallest absolute Gasteiger partial charge is 0.323 e. The fraction of sp³-hybridized carbons (Fsp3) is 0.875. The fourth-order valence-electron chi connectivity index (χ4n) is 0.780. The molecule has 0 aliphatic rings. The predicted molar refractivity (Wildman–Crippen MR) is 61.6 cm³/mol. The average molecular weight is 255 g/mol. The minimum atomic E-state index is -3.72. The van der Waals surface area contributed by atoms with Crippen LogP contribution >= 0.6 is 11.8 Å². The Kier molecular flexibility index (Phi) is 6.23. The summed E-state index contributed by atoms with van der Waals surface area (Å²) < 4.78 is 25.0. The van der Waals surface area contributed by atoms with Gasteiger partial charge in [0.25, 0.3) is 0 Å². The zero-order valence-electron chi connectivity index (χ0n) is 9.06. The lowest BCUT2D eigenvalue weighted by Gasteiger charge is -2.11. The lowest BCUT2D eigenvalue weighted by molar-refractivity contribution is -0.136. The van der Waals surface area contributed by atoms with E-state index in [1.165, 1.54) is 0 Å². The van der Waals surface area contributed by atoms with E-state index in [9.17, 15) is 13.2 Å². The summed E-state index contributed by atoms with van der Waals surface area (Å²) in [6.07, 6.45) is 2.63. The third-order valence-electron chi connectivity index (χ3n) is 2.07. The molecule has 0 saturated carbocycles. The van der Waals surface area contributed by atoms with Crippen LogP contribution in [0.5, 0.6) is 0 Å². The molecule has 0 radical (unpaired) electrons. The highest BCUT2D eigenvalue weighted by molar-refractivity contribution is 7.99. The monoisotopic (exact) mass is 255 g/mol. The van der Waals surface area contributed by atoms with Crippen LogP contribution in [0.15, 0.2) is 0 Å². The Balaban J connectivity index is 4.12. The van der Waals surface area contributed by atoms with Crippen LogP contribution in [0.25, 0.3) is 0 Å². The quantitative estimate of drug-likeness (QED) is 0.693. The number of nitrogens with one attached hydrogen (secondary N) is 1. The molecule has 0 spiro atoms. The van der Waals surface area contributed by atoms with Crippen molar-refractivity contribution in [2.45, 2.75) is 30.8 Å². The summed E-state index contributed by atoms with van der Waals surface area (Å²) >= 11 is 1.64. The highest BCUT2D eigenvalue weighted by atomic mass is 32.2. The minimum absolute atomic E-state index is 0.280. The second-order valence-corrected chi connectivity index (χ2v) is 6.62. The second kappa shape index (κ2) is 6.34. The van der Waals surface area contributed by atoms with Gasteiger partial charge in [0.1, 0.15) is 0 Å². The van der Waals surface area contributed by atoms with Gasteiger partial charge in [0.15, 0.2) is 5.25 Å². The van der Waals surface area contributed by atoms with Gasteiger partial charge in [0.2, 0.25) is 10.0 Å². The van der Waals surface area contributed by atoms with Crippen molar-refractivity contribution in [3.05, 3.63) is 0 Å². The molecule has 2 N–H and O–H groups in total. The van der Waals surface area contributed by atoms with Gasteiger partial charge in [0, 0.05) is 11.8 Å². The van der Waals surface area contributed by atoms with Gasteiger partial charge in [0.05, 0.1) is 0 Å². The number of carboxylic acid groups (broad SMARTS) is 1. The van der Waals surface area contributed by atoms with Gasteiger partial charge in [-0.3, -0.25) is 4.79 Å². The molecule has 0 aromatic carbocycles. The molecule has 5 nitrogen and oxygen atoms in total. The Bertz CT molecular complexity index is 302. The Morgan fingerprint density at radius 1 is 1.47 bits per heavy atom. The van der Waals surface area contributed by atoms with E-state index in [4.69, 9.17) is 5.11 Å². The summed E-state index contributed by atoms with van der Waals surface area (Å²) in [6, 6.07) is 0. The maximum atomic E-state index is 11.3. The van der Waals surface area contributed by atoms with E-state index < -0.39 is 21.2 Å². The summed E-state index contributed by atoms with van der Waals surface area (Å²) in [5.41, 5.74) is 0. The summed E-state index contributed by atoms with van der Waals surface area (Å²) in [6.45, 7) is 3.42. The molecule has 2 unspecified atom stereocenters. The van der Waals surface area contributed by atoms with Gasteiger partial charge in [-0.05, 0) is 19.6 Å². The molecule has 7 heteroatoms. The van der Waals surface area contributed by atoms with Crippen molar-refractivity contribution in [2.75, 3.05) is 12.8 Å². The number of aliphatic carboxylic acids is 1. The highest BCUT2D eigenvalue weighted by Crippen LogP contribution is 2.08. The van der Waals surface area contributed by atoms with Gasteiger partial charge >= 0.3 is 5.97 Å². The lowest BCUT2D eigenvalue weighted by Crippen LogP contribution is -2.38. The van der Waals surface area contributed by atoms with Gasteiger partial charge in [-0.1, -0.05) is 6.92 Å². The Hall–Kier alpha value is -0.270. The molecule has 0 aliphatic carbocycles. The van der Waals surface area contributed by atoms with Crippen molar-refractivity contribution >= 4 is 27.8 Å². The van der Waals surface area contributed by atoms with E-state index in [0.717, 1.165) is 6.92 Å². The van der Waals surface area contributed by atoms with Crippen LogP contribution in [0.3, 0.4) is 0 Å². The summed E-state index contributed by atoms with van der Waals surface area (Å²) in [5, 5.41) is 7.50. The first-order valence-corrected chi connectivity index (χ1v) is 7.38. The molecule has 0 aromatic rings. The number of sulfonamides is 1. The second-order valence-electron chi connectivity index (χ2n) is 3.25. The molecule has 0 rings (SSSR count). The normalized spacial score (nSPS) is 15.9. The molecule has 0 aromatic heterocycles. The first-order valence-electron chi connectivity index (χ1n) is 4.55. The SMILES string of the molecule is CSC(C)CCNS(=O)(=O)C(C)C(=O)O. The Labute approximate surface area is 94.7 Å². The van der Waals surface area contributed by atoms with E-state index in [1.54, 1.807) is 11.8 Å². The topological polar surface area (TPSA) is 83.5 Å². The van der Waals surface area contributed by atoms with Crippen molar-refractivity contribution in [2.24, 2.45) is 0 Å². The van der Waals surface area contributed by atoms with Crippen LogP contribution in [-0.4, -0.2) is 42.8 Å². The molecule has 0 fully saturated rings. The van der Waals surface area contributed by atoms with Crippen molar-refractivity contribution in [3.8, 4) is 0 Å². The predicted octanol–water partition coefficient (Wildman–Crippen LogP) is 0.520. The van der Waals surface area contributed by atoms with Gasteiger partial charge in [-0.2, -0.15) is 11.8 Å². The number of rotatable bonds is 7. The maximum absolute atomic E-state index is 11.3. The lowest BCUT2D eigenvalue weighted by atomic mass is 10.3. The van der Waals surface area contributed by atoms with Crippen LogP contribution in [-0.2, 0) is 14.8 Å². The highest BCUT2D eigenvalue weighted by Gasteiger charge is 2.26. The maximum Gasteiger partial charge on any atom is 0.323 e. The van der Waals surface area contributed by atoms with Crippen LogP contribution in [0.4, 0.5) is 0 Å². The summed E-state index contributed by atoms with van der Waals surface area (Å²) in [4.78, 5) is 10.5. The largest absolute Gasteiger partial charge is 0.480 e. The summed E-state index contributed by atoms with van der Waals surface area (Å²) in [5.74, 6) is -1.33. The number of carbonyl (C=O) groups is 1. The molecule has 0 aliphatic heterocycles. The first kappa shape index (κ1) is 14.7. The van der Waals surface area contributed by atoms with Crippen molar-refractivity contribution < 1.29 is 18.3 Å². The molecule has 0 amide bonds. The molecule has 2 atom stereocenters. The molecule has 15 heavy (non-hydrogen) atoms. The van der Waals surface area contributed by atoms with Crippen LogP contribution in [0.1, 0.15) is 20.3 Å². The standard InChI is InChI=1S/C8H17NO4S2/c1-6(14-3)4-5-9-15(12,13)7(2)8(10)11/h6-7,9H,4-5H2,1-3H3,(H,10,11). The van der Waals surface area contributed by atoms with Gasteiger partial charge in [-0.25, -0.2) is 13.1 Å². The Morgan fingerprint density at radius 3 is 2.40 bits per heavy atom. The number of carboxylic acids is 1. The molecule has 0 bridgehead atoms.